The lowest BCUT2D eigenvalue weighted by atomic mass is 9.98. The predicted octanol–water partition coefficient (Wildman–Crippen LogP) is 1.22. The Hall–Kier alpha value is -0.0800. The molecule has 3 N–H and O–H groups in total. The van der Waals surface area contributed by atoms with Crippen LogP contribution in [0, 0.1) is 11.8 Å². The Morgan fingerprint density at radius 2 is 1.73 bits per heavy atom. The number of nitrogens with two attached hydrogens (primary N) is 1. The number of hydrogen-bond acceptors (Lipinski definition) is 2. The van der Waals surface area contributed by atoms with Crippen molar-refractivity contribution in [2.45, 2.75) is 33.7 Å². The van der Waals surface area contributed by atoms with Crippen LogP contribution in [0.3, 0.4) is 0 Å². The summed E-state index contributed by atoms with van der Waals surface area (Å²) in [6, 6.07) is 0.455. The Kier molecular flexibility index (Phi) is 5.51. The maximum Gasteiger partial charge on any atom is 0.0162 e. The van der Waals surface area contributed by atoms with Crippen molar-refractivity contribution in [2.24, 2.45) is 17.6 Å². The van der Waals surface area contributed by atoms with Crippen LogP contribution in [-0.2, 0) is 0 Å². The highest BCUT2D eigenvalue weighted by Gasteiger charge is 2.07. The highest BCUT2D eigenvalue weighted by Crippen LogP contribution is 2.07. The van der Waals surface area contributed by atoms with Crippen LogP contribution in [0.4, 0.5) is 0 Å². The molecule has 2 atom stereocenters. The molecule has 2 nitrogen and oxygen atoms in total. The smallest absolute Gasteiger partial charge is 0.0162 e. The van der Waals surface area contributed by atoms with Crippen LogP contribution in [0.2, 0.25) is 0 Å². The second kappa shape index (κ2) is 5.56. The molecule has 68 valence electrons. The summed E-state index contributed by atoms with van der Waals surface area (Å²) in [4.78, 5) is 0. The highest BCUT2D eigenvalue weighted by atomic mass is 14.9. The Balaban J connectivity index is 3.37. The van der Waals surface area contributed by atoms with Crippen molar-refractivity contribution in [1.82, 2.24) is 5.32 Å². The van der Waals surface area contributed by atoms with Gasteiger partial charge in [-0.25, -0.2) is 0 Å². The normalized spacial score (nSPS) is 16.9. The third-order valence-electron chi connectivity index (χ3n) is 2.28. The minimum absolute atomic E-state index is 0.455. The van der Waals surface area contributed by atoms with E-state index < -0.39 is 0 Å². The molecule has 0 aromatic carbocycles. The molecule has 0 amide bonds. The topological polar surface area (TPSA) is 38.0 Å². The summed E-state index contributed by atoms with van der Waals surface area (Å²) in [6.07, 6.45) is 0. The maximum atomic E-state index is 5.47. The van der Waals surface area contributed by atoms with Gasteiger partial charge in [0.1, 0.15) is 0 Å². The molecule has 2 heteroatoms. The van der Waals surface area contributed by atoms with E-state index in [-0.39, 0.29) is 0 Å². The number of rotatable bonds is 5. The summed E-state index contributed by atoms with van der Waals surface area (Å²) < 4.78 is 0. The van der Waals surface area contributed by atoms with Gasteiger partial charge in [0.05, 0.1) is 0 Å². The Morgan fingerprint density at radius 3 is 2.09 bits per heavy atom. The van der Waals surface area contributed by atoms with Gasteiger partial charge in [0.15, 0.2) is 0 Å². The summed E-state index contributed by atoms with van der Waals surface area (Å²) in [7, 11) is 0. The van der Waals surface area contributed by atoms with Crippen LogP contribution in [0.5, 0.6) is 0 Å². The average Bonchev–Trinajstić information content (AvgIpc) is 1.99. The second-order valence-electron chi connectivity index (χ2n) is 3.77. The van der Waals surface area contributed by atoms with Gasteiger partial charge >= 0.3 is 0 Å². The molecule has 0 saturated carbocycles. The fourth-order valence-corrected chi connectivity index (χ4v) is 0.706. The van der Waals surface area contributed by atoms with Crippen LogP contribution >= 0.6 is 0 Å². The SMILES string of the molecule is CC(CN)NCC(C)C(C)C. The van der Waals surface area contributed by atoms with E-state index in [1.54, 1.807) is 0 Å². The van der Waals surface area contributed by atoms with Crippen molar-refractivity contribution in [3.8, 4) is 0 Å². The second-order valence-corrected chi connectivity index (χ2v) is 3.77. The van der Waals surface area contributed by atoms with Gasteiger partial charge in [-0.2, -0.15) is 0 Å². The van der Waals surface area contributed by atoms with Gasteiger partial charge in [-0.05, 0) is 25.3 Å². The molecule has 0 aromatic rings. The molecule has 0 rings (SSSR count). The third-order valence-corrected chi connectivity index (χ3v) is 2.28. The zero-order valence-corrected chi connectivity index (χ0v) is 8.22. The molecule has 0 fully saturated rings. The minimum Gasteiger partial charge on any atom is -0.329 e. The fraction of sp³-hybridized carbons (Fsp3) is 1.00. The molecule has 0 aliphatic heterocycles. The summed E-state index contributed by atoms with van der Waals surface area (Å²) in [5, 5.41) is 3.39. The van der Waals surface area contributed by atoms with Crippen molar-refractivity contribution < 1.29 is 0 Å². The molecular weight excluding hydrogens is 136 g/mol. The van der Waals surface area contributed by atoms with E-state index >= 15 is 0 Å². The zero-order chi connectivity index (χ0) is 8.85. The van der Waals surface area contributed by atoms with Crippen LogP contribution in [-0.4, -0.2) is 19.1 Å². The summed E-state index contributed by atoms with van der Waals surface area (Å²) in [5.74, 6) is 1.50. The fourth-order valence-electron chi connectivity index (χ4n) is 0.706. The van der Waals surface area contributed by atoms with E-state index in [2.05, 4.69) is 33.0 Å². The zero-order valence-electron chi connectivity index (χ0n) is 8.22. The molecular formula is C9H22N2. The van der Waals surface area contributed by atoms with Crippen molar-refractivity contribution >= 4 is 0 Å². The van der Waals surface area contributed by atoms with Crippen LogP contribution < -0.4 is 11.1 Å². The summed E-state index contributed by atoms with van der Waals surface area (Å²) in [6.45, 7) is 10.7. The first-order valence-corrected chi connectivity index (χ1v) is 4.51. The summed E-state index contributed by atoms with van der Waals surface area (Å²) >= 11 is 0. The van der Waals surface area contributed by atoms with Gasteiger partial charge in [-0.15, -0.1) is 0 Å². The van der Waals surface area contributed by atoms with Crippen LogP contribution in [0.1, 0.15) is 27.7 Å². The first kappa shape index (κ1) is 10.9. The van der Waals surface area contributed by atoms with E-state index in [0.717, 1.165) is 24.9 Å². The monoisotopic (exact) mass is 158 g/mol. The van der Waals surface area contributed by atoms with E-state index in [4.69, 9.17) is 5.73 Å². The van der Waals surface area contributed by atoms with Gasteiger partial charge in [-0.3, -0.25) is 0 Å². The van der Waals surface area contributed by atoms with Crippen molar-refractivity contribution in [3.63, 3.8) is 0 Å². The molecule has 2 unspecified atom stereocenters. The Bertz CT molecular complexity index is 91.6. The third kappa shape index (κ3) is 5.22. The summed E-state index contributed by atoms with van der Waals surface area (Å²) in [5.41, 5.74) is 5.47. The lowest BCUT2D eigenvalue weighted by Gasteiger charge is -2.18. The predicted molar refractivity (Wildman–Crippen MR) is 50.5 cm³/mol. The number of nitrogens with one attached hydrogen (secondary N) is 1. The van der Waals surface area contributed by atoms with Gasteiger partial charge in [0.2, 0.25) is 0 Å². The molecule has 0 aromatic heterocycles. The van der Waals surface area contributed by atoms with Gasteiger partial charge in [0, 0.05) is 12.6 Å². The molecule has 0 heterocycles. The molecule has 0 bridgehead atoms. The largest absolute Gasteiger partial charge is 0.329 e. The lowest BCUT2D eigenvalue weighted by Crippen LogP contribution is -2.36. The van der Waals surface area contributed by atoms with Crippen molar-refractivity contribution in [1.29, 1.82) is 0 Å². The first-order chi connectivity index (χ1) is 5.07. The first-order valence-electron chi connectivity index (χ1n) is 4.51. The van der Waals surface area contributed by atoms with E-state index in [0.29, 0.717) is 6.04 Å². The Labute approximate surface area is 70.5 Å². The molecule has 0 aliphatic rings. The van der Waals surface area contributed by atoms with Crippen LogP contribution in [0.25, 0.3) is 0 Å². The van der Waals surface area contributed by atoms with Crippen molar-refractivity contribution in [2.75, 3.05) is 13.1 Å². The van der Waals surface area contributed by atoms with Crippen LogP contribution in [0.15, 0.2) is 0 Å². The molecule has 0 radical (unpaired) electrons. The Morgan fingerprint density at radius 1 is 1.18 bits per heavy atom. The van der Waals surface area contributed by atoms with E-state index in [9.17, 15) is 0 Å². The van der Waals surface area contributed by atoms with E-state index in [1.165, 1.54) is 0 Å². The molecule has 0 aliphatic carbocycles. The number of hydrogen-bond donors (Lipinski definition) is 2. The maximum absolute atomic E-state index is 5.47. The lowest BCUT2D eigenvalue weighted by molar-refractivity contribution is 0.375. The van der Waals surface area contributed by atoms with Gasteiger partial charge < -0.3 is 11.1 Å². The standard InChI is InChI=1S/C9H22N2/c1-7(2)8(3)6-11-9(4)5-10/h7-9,11H,5-6,10H2,1-4H3. The molecule has 0 saturated heterocycles. The quantitative estimate of drug-likeness (QED) is 0.631. The van der Waals surface area contributed by atoms with Gasteiger partial charge in [0.25, 0.3) is 0 Å². The highest BCUT2D eigenvalue weighted by molar-refractivity contribution is 4.65. The minimum atomic E-state index is 0.455. The molecule has 11 heavy (non-hydrogen) atoms. The molecule has 0 spiro atoms. The van der Waals surface area contributed by atoms with Gasteiger partial charge in [-0.1, -0.05) is 20.8 Å². The van der Waals surface area contributed by atoms with Crippen molar-refractivity contribution in [3.05, 3.63) is 0 Å². The average molecular weight is 158 g/mol. The van der Waals surface area contributed by atoms with E-state index in [1.807, 2.05) is 0 Å².